The third-order valence-electron chi connectivity index (χ3n) is 3.54. The van der Waals surface area contributed by atoms with Gasteiger partial charge in [-0.25, -0.2) is 10.2 Å². The number of amides is 3. The molecule has 0 radical (unpaired) electrons. The Hall–Kier alpha value is -3.06. The number of carbonyl (C=O) groups excluding carboxylic acids is 2. The standard InChI is InChI=1S/C20H23ClN4O3/c1-2-3-11-28-18-9-7-15(8-10-18)13-23-25-19(26)14-22-20(27)24-17-6-4-5-16(21)12-17/h4-10,12-13H,2-3,11,14H2,1H3,(H,25,26)(H2,22,24,27)/b23-13-. The van der Waals surface area contributed by atoms with E-state index in [9.17, 15) is 9.59 Å². The first-order chi connectivity index (χ1) is 13.6. The minimum atomic E-state index is -0.514. The molecule has 0 fully saturated rings. The van der Waals surface area contributed by atoms with Gasteiger partial charge in [-0.1, -0.05) is 31.0 Å². The molecule has 0 aromatic heterocycles. The fourth-order valence-corrected chi connectivity index (χ4v) is 2.30. The molecule has 0 atom stereocenters. The largest absolute Gasteiger partial charge is 0.494 e. The van der Waals surface area contributed by atoms with Gasteiger partial charge in [-0.3, -0.25) is 4.79 Å². The second-order valence-electron chi connectivity index (χ2n) is 5.88. The van der Waals surface area contributed by atoms with Gasteiger partial charge in [0.1, 0.15) is 12.3 Å². The predicted molar refractivity (Wildman–Crippen MR) is 111 cm³/mol. The molecule has 148 valence electrons. The predicted octanol–water partition coefficient (Wildman–Crippen LogP) is 3.79. The number of nitrogens with one attached hydrogen (secondary N) is 3. The van der Waals surface area contributed by atoms with Gasteiger partial charge < -0.3 is 15.4 Å². The monoisotopic (exact) mass is 402 g/mol. The number of hydrogen-bond acceptors (Lipinski definition) is 4. The van der Waals surface area contributed by atoms with Crippen molar-refractivity contribution >= 4 is 35.4 Å². The lowest BCUT2D eigenvalue weighted by Gasteiger charge is -2.07. The van der Waals surface area contributed by atoms with Gasteiger partial charge in [-0.15, -0.1) is 0 Å². The third kappa shape index (κ3) is 8.09. The molecule has 0 spiro atoms. The van der Waals surface area contributed by atoms with Crippen LogP contribution in [0.15, 0.2) is 53.6 Å². The van der Waals surface area contributed by atoms with E-state index in [2.05, 4.69) is 28.1 Å². The van der Waals surface area contributed by atoms with E-state index in [1.54, 1.807) is 24.3 Å². The van der Waals surface area contributed by atoms with E-state index >= 15 is 0 Å². The smallest absolute Gasteiger partial charge is 0.319 e. The number of benzene rings is 2. The highest BCUT2D eigenvalue weighted by Gasteiger charge is 2.05. The Kier molecular flexibility index (Phi) is 8.81. The molecular formula is C20H23ClN4O3. The second-order valence-corrected chi connectivity index (χ2v) is 6.32. The highest BCUT2D eigenvalue weighted by molar-refractivity contribution is 6.30. The van der Waals surface area contributed by atoms with E-state index in [4.69, 9.17) is 16.3 Å². The summed E-state index contributed by atoms with van der Waals surface area (Å²) < 4.78 is 5.58. The van der Waals surface area contributed by atoms with E-state index in [0.717, 1.165) is 24.2 Å². The van der Waals surface area contributed by atoms with Crippen LogP contribution in [-0.4, -0.2) is 31.3 Å². The third-order valence-corrected chi connectivity index (χ3v) is 3.78. The van der Waals surface area contributed by atoms with Crippen molar-refractivity contribution in [2.24, 2.45) is 5.10 Å². The number of nitrogens with zero attached hydrogens (tertiary/aromatic N) is 1. The molecule has 3 N–H and O–H groups in total. The quantitative estimate of drug-likeness (QED) is 0.338. The summed E-state index contributed by atoms with van der Waals surface area (Å²) in [7, 11) is 0. The summed E-state index contributed by atoms with van der Waals surface area (Å²) in [6.07, 6.45) is 3.61. The molecule has 28 heavy (non-hydrogen) atoms. The summed E-state index contributed by atoms with van der Waals surface area (Å²) in [5, 5.41) is 9.38. The van der Waals surface area contributed by atoms with Crippen LogP contribution in [-0.2, 0) is 4.79 Å². The molecule has 0 aliphatic rings. The molecule has 2 aromatic rings. The highest BCUT2D eigenvalue weighted by Crippen LogP contribution is 2.14. The number of ether oxygens (including phenoxy) is 1. The molecule has 8 heteroatoms. The summed E-state index contributed by atoms with van der Waals surface area (Å²) in [5.41, 5.74) is 3.70. The molecule has 2 rings (SSSR count). The molecular weight excluding hydrogens is 380 g/mol. The summed E-state index contributed by atoms with van der Waals surface area (Å²) in [4.78, 5) is 23.5. The van der Waals surface area contributed by atoms with Crippen LogP contribution in [0.25, 0.3) is 0 Å². The van der Waals surface area contributed by atoms with Gasteiger partial charge in [-0.05, 0) is 54.4 Å². The number of hydrogen-bond donors (Lipinski definition) is 3. The number of anilines is 1. The number of halogens is 1. The maximum atomic E-state index is 11.8. The number of carbonyl (C=O) groups is 2. The normalized spacial score (nSPS) is 10.5. The van der Waals surface area contributed by atoms with Crippen molar-refractivity contribution in [3.05, 3.63) is 59.1 Å². The molecule has 2 aromatic carbocycles. The van der Waals surface area contributed by atoms with Gasteiger partial charge in [0, 0.05) is 10.7 Å². The minimum Gasteiger partial charge on any atom is -0.494 e. The SMILES string of the molecule is CCCCOc1ccc(/C=N\NC(=O)CNC(=O)Nc2cccc(Cl)c2)cc1. The van der Waals surface area contributed by atoms with Crippen LogP contribution in [0.4, 0.5) is 10.5 Å². The first-order valence-electron chi connectivity index (χ1n) is 8.92. The molecule has 7 nitrogen and oxygen atoms in total. The zero-order valence-electron chi connectivity index (χ0n) is 15.6. The Labute approximate surface area is 169 Å². The molecule has 3 amide bonds. The van der Waals surface area contributed by atoms with Gasteiger partial charge >= 0.3 is 6.03 Å². The molecule has 0 aliphatic heterocycles. The van der Waals surface area contributed by atoms with Crippen molar-refractivity contribution in [3.8, 4) is 5.75 Å². The van der Waals surface area contributed by atoms with Gasteiger partial charge in [0.05, 0.1) is 12.8 Å². The Bertz CT molecular complexity index is 809. The Morgan fingerprint density at radius 2 is 1.96 bits per heavy atom. The van der Waals surface area contributed by atoms with Crippen LogP contribution in [0, 0.1) is 0 Å². The van der Waals surface area contributed by atoms with Gasteiger partial charge in [-0.2, -0.15) is 5.10 Å². The Morgan fingerprint density at radius 1 is 1.18 bits per heavy atom. The zero-order chi connectivity index (χ0) is 20.2. The lowest BCUT2D eigenvalue weighted by molar-refractivity contribution is -0.120. The van der Waals surface area contributed by atoms with Crippen molar-refractivity contribution in [3.63, 3.8) is 0 Å². The van der Waals surface area contributed by atoms with E-state index in [1.165, 1.54) is 6.21 Å². The number of unbranched alkanes of at least 4 members (excludes halogenated alkanes) is 1. The van der Waals surface area contributed by atoms with Crippen LogP contribution in [0.2, 0.25) is 5.02 Å². The van der Waals surface area contributed by atoms with Gasteiger partial charge in [0.25, 0.3) is 5.91 Å². The molecule has 0 heterocycles. The van der Waals surface area contributed by atoms with Crippen molar-refractivity contribution in [2.75, 3.05) is 18.5 Å². The average Bonchev–Trinajstić information content (AvgIpc) is 2.68. The highest BCUT2D eigenvalue weighted by atomic mass is 35.5. The van der Waals surface area contributed by atoms with Crippen LogP contribution in [0.1, 0.15) is 25.3 Å². The first-order valence-corrected chi connectivity index (χ1v) is 9.30. The fraction of sp³-hybridized carbons (Fsp3) is 0.250. The summed E-state index contributed by atoms with van der Waals surface area (Å²) in [5.74, 6) is 0.349. The lowest BCUT2D eigenvalue weighted by atomic mass is 10.2. The maximum Gasteiger partial charge on any atom is 0.319 e. The average molecular weight is 403 g/mol. The first kappa shape index (κ1) is 21.2. The lowest BCUT2D eigenvalue weighted by Crippen LogP contribution is -2.37. The van der Waals surface area contributed by atoms with Crippen molar-refractivity contribution in [1.82, 2.24) is 10.7 Å². The maximum absolute atomic E-state index is 11.8. The fourth-order valence-electron chi connectivity index (χ4n) is 2.10. The van der Waals surface area contributed by atoms with Crippen LogP contribution >= 0.6 is 11.6 Å². The zero-order valence-corrected chi connectivity index (χ0v) is 16.3. The van der Waals surface area contributed by atoms with Crippen molar-refractivity contribution in [2.45, 2.75) is 19.8 Å². The van der Waals surface area contributed by atoms with Crippen LogP contribution in [0.3, 0.4) is 0 Å². The molecule has 0 unspecified atom stereocenters. The summed E-state index contributed by atoms with van der Waals surface area (Å²) >= 11 is 5.84. The second kappa shape index (κ2) is 11.6. The van der Waals surface area contributed by atoms with Gasteiger partial charge in [0.15, 0.2) is 0 Å². The number of hydrazone groups is 1. The van der Waals surface area contributed by atoms with Crippen LogP contribution in [0.5, 0.6) is 5.75 Å². The van der Waals surface area contributed by atoms with Crippen molar-refractivity contribution in [1.29, 1.82) is 0 Å². The number of rotatable bonds is 9. The topological polar surface area (TPSA) is 91.8 Å². The van der Waals surface area contributed by atoms with Gasteiger partial charge in [0.2, 0.25) is 0 Å². The van der Waals surface area contributed by atoms with Crippen LogP contribution < -0.4 is 20.8 Å². The van der Waals surface area contributed by atoms with E-state index in [0.29, 0.717) is 17.3 Å². The van der Waals surface area contributed by atoms with E-state index in [-0.39, 0.29) is 6.54 Å². The minimum absolute atomic E-state index is 0.214. The number of urea groups is 1. The van der Waals surface area contributed by atoms with E-state index < -0.39 is 11.9 Å². The molecule has 0 aliphatic carbocycles. The Balaban J connectivity index is 1.69. The molecule has 0 saturated carbocycles. The van der Waals surface area contributed by atoms with E-state index in [1.807, 2.05) is 24.3 Å². The molecule has 0 bridgehead atoms. The summed E-state index contributed by atoms with van der Waals surface area (Å²) in [6.45, 7) is 2.59. The van der Waals surface area contributed by atoms with Crippen molar-refractivity contribution < 1.29 is 14.3 Å². The Morgan fingerprint density at radius 3 is 2.68 bits per heavy atom. The molecule has 0 saturated heterocycles. The summed E-state index contributed by atoms with van der Waals surface area (Å²) in [6, 6.07) is 13.6.